The highest BCUT2D eigenvalue weighted by molar-refractivity contribution is 5.91. The SMILES string of the molecule is CCCCCCc1ccc(OC(=O)c2c(F)c(F)c(F)c(F)c2F)cc1. The van der Waals surface area contributed by atoms with Gasteiger partial charge in [0.05, 0.1) is 0 Å². The Morgan fingerprint density at radius 1 is 0.808 bits per heavy atom. The van der Waals surface area contributed by atoms with E-state index in [-0.39, 0.29) is 5.75 Å². The van der Waals surface area contributed by atoms with Crippen LogP contribution in [0.15, 0.2) is 24.3 Å². The predicted octanol–water partition coefficient (Wildman–Crippen LogP) is 5.72. The van der Waals surface area contributed by atoms with E-state index < -0.39 is 40.6 Å². The van der Waals surface area contributed by atoms with E-state index in [0.29, 0.717) is 0 Å². The normalized spacial score (nSPS) is 10.8. The Balaban J connectivity index is 2.11. The van der Waals surface area contributed by atoms with Crippen LogP contribution in [0.4, 0.5) is 22.0 Å². The summed E-state index contributed by atoms with van der Waals surface area (Å²) in [5, 5.41) is 0. The summed E-state index contributed by atoms with van der Waals surface area (Å²) < 4.78 is 71.3. The Hall–Kier alpha value is -2.44. The van der Waals surface area contributed by atoms with Gasteiger partial charge in [0, 0.05) is 0 Å². The molecule has 2 rings (SSSR count). The van der Waals surface area contributed by atoms with Crippen molar-refractivity contribution in [2.75, 3.05) is 0 Å². The third kappa shape index (κ3) is 4.39. The van der Waals surface area contributed by atoms with Crippen LogP contribution in [0.25, 0.3) is 0 Å². The Morgan fingerprint density at radius 3 is 1.88 bits per heavy atom. The minimum atomic E-state index is -2.33. The Morgan fingerprint density at radius 2 is 1.35 bits per heavy atom. The van der Waals surface area contributed by atoms with Gasteiger partial charge in [-0.2, -0.15) is 0 Å². The minimum absolute atomic E-state index is 0.0590. The van der Waals surface area contributed by atoms with E-state index in [1.54, 1.807) is 12.1 Å². The number of carbonyl (C=O) groups is 1. The van der Waals surface area contributed by atoms with E-state index in [4.69, 9.17) is 4.74 Å². The largest absolute Gasteiger partial charge is 0.423 e. The number of rotatable bonds is 7. The molecule has 2 nitrogen and oxygen atoms in total. The number of halogens is 5. The number of ether oxygens (including phenoxy) is 1. The summed E-state index contributed by atoms with van der Waals surface area (Å²) in [6.07, 6.45) is 5.17. The molecular weight excluding hydrogens is 355 g/mol. The van der Waals surface area contributed by atoms with E-state index >= 15 is 0 Å². The minimum Gasteiger partial charge on any atom is -0.423 e. The summed E-state index contributed by atoms with van der Waals surface area (Å²) in [5.41, 5.74) is -0.637. The molecule has 0 heterocycles. The molecule has 0 amide bonds. The molecule has 0 radical (unpaired) electrons. The Bertz CT molecular complexity index is 759. The van der Waals surface area contributed by atoms with Gasteiger partial charge < -0.3 is 4.74 Å². The van der Waals surface area contributed by atoms with Crippen molar-refractivity contribution in [3.8, 4) is 5.75 Å². The van der Waals surface area contributed by atoms with E-state index in [1.165, 1.54) is 12.1 Å². The van der Waals surface area contributed by atoms with Crippen molar-refractivity contribution in [2.45, 2.75) is 39.0 Å². The number of hydrogen-bond acceptors (Lipinski definition) is 2. The molecule has 0 unspecified atom stereocenters. The molecule has 0 saturated carbocycles. The van der Waals surface area contributed by atoms with Crippen LogP contribution in [-0.4, -0.2) is 5.97 Å². The first kappa shape index (κ1) is 19.9. The molecule has 0 atom stereocenters. The second-order valence-corrected chi connectivity index (χ2v) is 5.79. The summed E-state index contributed by atoms with van der Waals surface area (Å²) in [4.78, 5) is 11.8. The van der Waals surface area contributed by atoms with Crippen molar-refractivity contribution < 1.29 is 31.5 Å². The van der Waals surface area contributed by atoms with Crippen LogP contribution in [0, 0.1) is 29.1 Å². The van der Waals surface area contributed by atoms with Crippen molar-refractivity contribution in [1.29, 1.82) is 0 Å². The molecule has 7 heteroatoms. The van der Waals surface area contributed by atoms with Crippen LogP contribution in [0.5, 0.6) is 5.75 Å². The lowest BCUT2D eigenvalue weighted by atomic mass is 10.1. The molecular formula is C19H17F5O2. The first-order valence-electron chi connectivity index (χ1n) is 8.19. The first-order valence-corrected chi connectivity index (χ1v) is 8.19. The lowest BCUT2D eigenvalue weighted by molar-refractivity contribution is 0.0721. The van der Waals surface area contributed by atoms with Gasteiger partial charge in [0.2, 0.25) is 5.82 Å². The average Bonchev–Trinajstić information content (AvgIpc) is 2.63. The van der Waals surface area contributed by atoms with Gasteiger partial charge in [-0.05, 0) is 30.5 Å². The van der Waals surface area contributed by atoms with Gasteiger partial charge in [0.15, 0.2) is 23.3 Å². The van der Waals surface area contributed by atoms with Crippen LogP contribution in [0.3, 0.4) is 0 Å². The average molecular weight is 372 g/mol. The zero-order chi connectivity index (χ0) is 19.3. The molecule has 26 heavy (non-hydrogen) atoms. The molecule has 0 bridgehead atoms. The van der Waals surface area contributed by atoms with Gasteiger partial charge in [-0.15, -0.1) is 0 Å². The lowest BCUT2D eigenvalue weighted by Crippen LogP contribution is -2.17. The van der Waals surface area contributed by atoms with Crippen LogP contribution in [0.1, 0.15) is 48.5 Å². The number of hydrogen-bond donors (Lipinski definition) is 0. The summed E-state index contributed by atoms with van der Waals surface area (Å²) in [6.45, 7) is 2.10. The third-order valence-corrected chi connectivity index (χ3v) is 3.87. The second kappa shape index (κ2) is 8.78. The van der Waals surface area contributed by atoms with Crippen LogP contribution in [0.2, 0.25) is 0 Å². The molecule has 0 aliphatic heterocycles. The van der Waals surface area contributed by atoms with E-state index in [0.717, 1.165) is 37.7 Å². The predicted molar refractivity (Wildman–Crippen MR) is 85.5 cm³/mol. The first-order chi connectivity index (χ1) is 12.4. The fourth-order valence-corrected chi connectivity index (χ4v) is 2.42. The maximum absolute atomic E-state index is 13.6. The lowest BCUT2D eigenvalue weighted by Gasteiger charge is -2.09. The molecule has 0 aliphatic carbocycles. The van der Waals surface area contributed by atoms with E-state index in [1.807, 2.05) is 0 Å². The van der Waals surface area contributed by atoms with Crippen molar-refractivity contribution >= 4 is 5.97 Å². The smallest absolute Gasteiger partial charge is 0.349 e. The number of carbonyl (C=O) groups excluding carboxylic acids is 1. The van der Waals surface area contributed by atoms with Gasteiger partial charge in [-0.25, -0.2) is 26.7 Å². The molecule has 2 aromatic carbocycles. The van der Waals surface area contributed by atoms with Crippen molar-refractivity contribution in [1.82, 2.24) is 0 Å². The number of aryl methyl sites for hydroxylation is 1. The third-order valence-electron chi connectivity index (χ3n) is 3.87. The van der Waals surface area contributed by atoms with E-state index in [9.17, 15) is 26.7 Å². The maximum atomic E-state index is 13.6. The summed E-state index contributed by atoms with van der Waals surface area (Å²) in [7, 11) is 0. The van der Waals surface area contributed by atoms with Crippen LogP contribution in [-0.2, 0) is 6.42 Å². The number of benzene rings is 2. The summed E-state index contributed by atoms with van der Waals surface area (Å²) >= 11 is 0. The zero-order valence-corrected chi connectivity index (χ0v) is 14.1. The van der Waals surface area contributed by atoms with Crippen molar-refractivity contribution in [3.05, 3.63) is 64.5 Å². The molecule has 0 saturated heterocycles. The molecule has 2 aromatic rings. The molecule has 0 aliphatic rings. The molecule has 0 spiro atoms. The fraction of sp³-hybridized carbons (Fsp3) is 0.316. The zero-order valence-electron chi connectivity index (χ0n) is 14.1. The van der Waals surface area contributed by atoms with Gasteiger partial charge in [0.25, 0.3) is 0 Å². The van der Waals surface area contributed by atoms with Gasteiger partial charge in [-0.1, -0.05) is 38.3 Å². The summed E-state index contributed by atoms with van der Waals surface area (Å²) in [5.74, 6) is -12.9. The highest BCUT2D eigenvalue weighted by Gasteiger charge is 2.30. The molecule has 0 N–H and O–H groups in total. The maximum Gasteiger partial charge on any atom is 0.349 e. The number of unbranched alkanes of at least 4 members (excludes halogenated alkanes) is 3. The van der Waals surface area contributed by atoms with Gasteiger partial charge >= 0.3 is 5.97 Å². The Kier molecular flexibility index (Phi) is 6.71. The Labute approximate surface area is 147 Å². The van der Waals surface area contributed by atoms with Gasteiger partial charge in [-0.3, -0.25) is 0 Å². The second-order valence-electron chi connectivity index (χ2n) is 5.79. The molecule has 140 valence electrons. The highest BCUT2D eigenvalue weighted by Crippen LogP contribution is 2.24. The standard InChI is InChI=1S/C19H17F5O2/c1-2-3-4-5-6-11-7-9-12(10-8-11)26-19(25)13-14(20)16(22)18(24)17(23)15(13)21/h7-10H,2-6H2,1H3. The van der Waals surface area contributed by atoms with Crippen LogP contribution >= 0.6 is 0 Å². The highest BCUT2D eigenvalue weighted by atomic mass is 19.2. The fourth-order valence-electron chi connectivity index (χ4n) is 2.42. The molecule has 0 aromatic heterocycles. The van der Waals surface area contributed by atoms with Crippen molar-refractivity contribution in [2.24, 2.45) is 0 Å². The quantitative estimate of drug-likeness (QED) is 0.155. The topological polar surface area (TPSA) is 26.3 Å². The van der Waals surface area contributed by atoms with Crippen molar-refractivity contribution in [3.63, 3.8) is 0 Å². The van der Waals surface area contributed by atoms with Crippen LogP contribution < -0.4 is 4.74 Å². The number of esters is 1. The van der Waals surface area contributed by atoms with Gasteiger partial charge in [0.1, 0.15) is 11.3 Å². The van der Waals surface area contributed by atoms with E-state index in [2.05, 4.69) is 6.92 Å². The molecule has 0 fully saturated rings. The monoisotopic (exact) mass is 372 g/mol. The summed E-state index contributed by atoms with van der Waals surface area (Å²) in [6, 6.07) is 6.15.